The largest absolute Gasteiger partial charge is 0.493 e. The molecule has 16 heavy (non-hydrogen) atoms. The minimum Gasteiger partial charge on any atom is -0.493 e. The van der Waals surface area contributed by atoms with E-state index in [9.17, 15) is 0 Å². The van der Waals surface area contributed by atoms with Crippen LogP contribution in [0.15, 0.2) is 16.6 Å². The summed E-state index contributed by atoms with van der Waals surface area (Å²) in [6.45, 7) is 5.90. The van der Waals surface area contributed by atoms with Gasteiger partial charge in [-0.3, -0.25) is 0 Å². The molecule has 1 rings (SSSR count). The zero-order valence-corrected chi connectivity index (χ0v) is 11.9. The van der Waals surface area contributed by atoms with Crippen LogP contribution in [0.25, 0.3) is 0 Å². The number of aryl methyl sites for hydroxylation is 1. The first-order valence-corrected chi connectivity index (χ1v) is 6.54. The van der Waals surface area contributed by atoms with Crippen LogP contribution in [0.5, 0.6) is 5.75 Å². The van der Waals surface area contributed by atoms with Crippen LogP contribution < -0.4 is 10.1 Å². The Hall–Kier alpha value is -0.540. The number of rotatable bonds is 6. The summed E-state index contributed by atoms with van der Waals surface area (Å²) in [5, 5.41) is 3.17. The zero-order valence-electron chi connectivity index (χ0n) is 10.3. The highest BCUT2D eigenvalue weighted by Gasteiger charge is 2.08. The van der Waals surface area contributed by atoms with Crippen molar-refractivity contribution in [1.29, 1.82) is 0 Å². The molecule has 0 saturated heterocycles. The van der Waals surface area contributed by atoms with E-state index in [-0.39, 0.29) is 0 Å². The van der Waals surface area contributed by atoms with Crippen molar-refractivity contribution in [3.63, 3.8) is 0 Å². The first kappa shape index (κ1) is 13.5. The van der Waals surface area contributed by atoms with E-state index in [2.05, 4.69) is 47.2 Å². The number of unbranched alkanes of at least 4 members (excludes halogenated alkanes) is 1. The fourth-order valence-electron chi connectivity index (χ4n) is 1.65. The zero-order chi connectivity index (χ0) is 12.0. The van der Waals surface area contributed by atoms with Gasteiger partial charge in [-0.15, -0.1) is 0 Å². The average molecular weight is 286 g/mol. The third kappa shape index (κ3) is 3.80. The lowest BCUT2D eigenvalue weighted by Crippen LogP contribution is -2.09. The highest BCUT2D eigenvalue weighted by atomic mass is 79.9. The molecule has 0 aliphatic carbocycles. The summed E-state index contributed by atoms with van der Waals surface area (Å²) in [5.74, 6) is 1.03. The molecular weight excluding hydrogens is 266 g/mol. The molecule has 0 bridgehead atoms. The molecule has 0 spiro atoms. The van der Waals surface area contributed by atoms with Crippen molar-refractivity contribution < 1.29 is 4.74 Å². The molecule has 0 aliphatic rings. The van der Waals surface area contributed by atoms with E-state index in [1.54, 1.807) is 0 Å². The van der Waals surface area contributed by atoms with E-state index in [1.165, 1.54) is 11.1 Å². The van der Waals surface area contributed by atoms with E-state index < -0.39 is 0 Å². The lowest BCUT2D eigenvalue weighted by Gasteiger charge is -2.14. The number of halogens is 1. The number of ether oxygens (including phenoxy) is 1. The van der Waals surface area contributed by atoms with E-state index in [0.717, 1.165) is 36.2 Å². The van der Waals surface area contributed by atoms with Gasteiger partial charge in [0.25, 0.3) is 0 Å². The summed E-state index contributed by atoms with van der Waals surface area (Å²) < 4.78 is 6.96. The predicted octanol–water partition coefficient (Wildman–Crippen LogP) is 3.66. The predicted molar refractivity (Wildman–Crippen MR) is 72.0 cm³/mol. The van der Waals surface area contributed by atoms with E-state index in [4.69, 9.17) is 4.74 Å². The topological polar surface area (TPSA) is 21.3 Å². The monoisotopic (exact) mass is 285 g/mol. The van der Waals surface area contributed by atoms with Crippen molar-refractivity contribution >= 4 is 15.9 Å². The Morgan fingerprint density at radius 3 is 2.75 bits per heavy atom. The van der Waals surface area contributed by atoms with Crippen molar-refractivity contribution in [2.75, 3.05) is 13.7 Å². The molecule has 3 heteroatoms. The van der Waals surface area contributed by atoms with E-state index in [1.807, 2.05) is 7.05 Å². The van der Waals surface area contributed by atoms with E-state index in [0.29, 0.717) is 0 Å². The van der Waals surface area contributed by atoms with Gasteiger partial charge >= 0.3 is 0 Å². The molecule has 0 radical (unpaired) electrons. The molecule has 1 aromatic carbocycles. The molecule has 0 heterocycles. The molecule has 0 amide bonds. The quantitative estimate of drug-likeness (QED) is 0.806. The van der Waals surface area contributed by atoms with Gasteiger partial charge in [-0.2, -0.15) is 0 Å². The van der Waals surface area contributed by atoms with Crippen LogP contribution in [0, 0.1) is 6.92 Å². The van der Waals surface area contributed by atoms with E-state index >= 15 is 0 Å². The molecule has 0 fully saturated rings. The van der Waals surface area contributed by atoms with Crippen LogP contribution in [0.1, 0.15) is 30.9 Å². The van der Waals surface area contributed by atoms with Crippen molar-refractivity contribution in [3.05, 3.63) is 27.7 Å². The molecule has 2 nitrogen and oxygen atoms in total. The van der Waals surface area contributed by atoms with Gasteiger partial charge in [0.15, 0.2) is 0 Å². The number of hydrogen-bond acceptors (Lipinski definition) is 2. The van der Waals surface area contributed by atoms with Gasteiger partial charge in [0.05, 0.1) is 6.61 Å². The van der Waals surface area contributed by atoms with Crippen LogP contribution in [-0.4, -0.2) is 13.7 Å². The highest BCUT2D eigenvalue weighted by molar-refractivity contribution is 9.10. The first-order chi connectivity index (χ1) is 7.69. The summed E-state index contributed by atoms with van der Waals surface area (Å²) in [5.41, 5.74) is 2.40. The fraction of sp³-hybridized carbons (Fsp3) is 0.538. The second kappa shape index (κ2) is 6.92. The Labute approximate surface area is 107 Å². The Bertz CT molecular complexity index is 339. The molecule has 1 aromatic rings. The van der Waals surface area contributed by atoms with Crippen molar-refractivity contribution in [2.24, 2.45) is 0 Å². The lowest BCUT2D eigenvalue weighted by molar-refractivity contribution is 0.303. The van der Waals surface area contributed by atoms with Gasteiger partial charge in [-0.05, 0) is 38.1 Å². The lowest BCUT2D eigenvalue weighted by atomic mass is 10.1. The second-order valence-electron chi connectivity index (χ2n) is 3.94. The normalized spacial score (nSPS) is 10.5. The van der Waals surface area contributed by atoms with Crippen molar-refractivity contribution in [2.45, 2.75) is 33.2 Å². The Morgan fingerprint density at radius 2 is 2.12 bits per heavy atom. The van der Waals surface area contributed by atoms with Gasteiger partial charge < -0.3 is 10.1 Å². The summed E-state index contributed by atoms with van der Waals surface area (Å²) in [6.07, 6.45) is 2.27. The Balaban J connectivity index is 2.85. The van der Waals surface area contributed by atoms with Crippen LogP contribution in [-0.2, 0) is 6.54 Å². The van der Waals surface area contributed by atoms with Gasteiger partial charge in [0.1, 0.15) is 5.75 Å². The Morgan fingerprint density at radius 1 is 1.38 bits per heavy atom. The van der Waals surface area contributed by atoms with Crippen LogP contribution >= 0.6 is 15.9 Å². The third-order valence-corrected chi connectivity index (χ3v) is 2.89. The molecule has 0 saturated carbocycles. The maximum atomic E-state index is 5.86. The minimum absolute atomic E-state index is 0.801. The molecule has 0 unspecified atom stereocenters. The van der Waals surface area contributed by atoms with Crippen molar-refractivity contribution in [3.8, 4) is 5.75 Å². The summed E-state index contributed by atoms with van der Waals surface area (Å²) in [4.78, 5) is 0. The number of benzene rings is 1. The summed E-state index contributed by atoms with van der Waals surface area (Å²) in [6, 6.07) is 4.21. The number of nitrogens with one attached hydrogen (secondary N) is 1. The molecular formula is C13H20BrNO. The third-order valence-electron chi connectivity index (χ3n) is 2.43. The van der Waals surface area contributed by atoms with Gasteiger partial charge in [0.2, 0.25) is 0 Å². The van der Waals surface area contributed by atoms with Crippen LogP contribution in [0.2, 0.25) is 0 Å². The van der Waals surface area contributed by atoms with Gasteiger partial charge in [0, 0.05) is 16.6 Å². The number of hydrogen-bond donors (Lipinski definition) is 1. The maximum absolute atomic E-state index is 5.86. The average Bonchev–Trinajstić information content (AvgIpc) is 2.22. The molecule has 90 valence electrons. The molecule has 0 aromatic heterocycles. The fourth-order valence-corrected chi connectivity index (χ4v) is 2.27. The van der Waals surface area contributed by atoms with Gasteiger partial charge in [-0.25, -0.2) is 0 Å². The second-order valence-corrected chi connectivity index (χ2v) is 4.86. The first-order valence-electron chi connectivity index (χ1n) is 5.75. The van der Waals surface area contributed by atoms with Crippen LogP contribution in [0.3, 0.4) is 0 Å². The summed E-state index contributed by atoms with van der Waals surface area (Å²) in [7, 11) is 1.95. The maximum Gasteiger partial charge on any atom is 0.126 e. The Kier molecular flexibility index (Phi) is 5.85. The standard InChI is InChI=1S/C13H20BrNO/c1-4-5-6-16-13-10(2)7-12(14)8-11(13)9-15-3/h7-8,15H,4-6,9H2,1-3H3. The minimum atomic E-state index is 0.801. The van der Waals surface area contributed by atoms with Gasteiger partial charge in [-0.1, -0.05) is 29.3 Å². The SMILES string of the molecule is CCCCOc1c(C)cc(Br)cc1CNC. The molecule has 0 aliphatic heterocycles. The van der Waals surface area contributed by atoms with Crippen LogP contribution in [0.4, 0.5) is 0 Å². The smallest absolute Gasteiger partial charge is 0.126 e. The van der Waals surface area contributed by atoms with Crippen molar-refractivity contribution in [1.82, 2.24) is 5.32 Å². The summed E-state index contributed by atoms with van der Waals surface area (Å²) >= 11 is 3.52. The highest BCUT2D eigenvalue weighted by Crippen LogP contribution is 2.28. The molecule has 0 atom stereocenters. The molecule has 1 N–H and O–H groups in total.